The number of H-pyrrole nitrogens is 1. The van der Waals surface area contributed by atoms with Crippen molar-refractivity contribution in [3.8, 4) is 22.5 Å². The van der Waals surface area contributed by atoms with Gasteiger partial charge in [0.15, 0.2) is 11.2 Å². The van der Waals surface area contributed by atoms with E-state index in [1.165, 1.54) is 16.2 Å². The van der Waals surface area contributed by atoms with Crippen LogP contribution in [0.5, 0.6) is 0 Å². The van der Waals surface area contributed by atoms with Crippen LogP contribution in [-0.4, -0.2) is 52.4 Å². The summed E-state index contributed by atoms with van der Waals surface area (Å²) < 4.78 is 9.27. The number of methoxy groups -OCH3 is 1. The van der Waals surface area contributed by atoms with E-state index < -0.39 is 23.3 Å². The number of hydrogen-bond donors (Lipinski definition) is 1. The van der Waals surface area contributed by atoms with Gasteiger partial charge in [-0.05, 0) is 40.8 Å². The van der Waals surface area contributed by atoms with Gasteiger partial charge in [0, 0.05) is 18.5 Å². The maximum Gasteiger partial charge on any atom is 0.333 e. The number of aromatic nitrogens is 8. The van der Waals surface area contributed by atoms with Gasteiger partial charge < -0.3 is 9.30 Å². The molecule has 0 aliphatic rings. The molecule has 6 aromatic rings. The first-order valence-electron chi connectivity index (χ1n) is 15.2. The summed E-state index contributed by atoms with van der Waals surface area (Å²) in [6, 6.07) is 24.6. The number of carbonyl (C=O) groups is 1. The number of hydrogen-bond acceptors (Lipinski definition) is 8. The molecule has 0 aliphatic heterocycles. The van der Waals surface area contributed by atoms with Gasteiger partial charge in [-0.25, -0.2) is 9.78 Å². The first kappa shape index (κ1) is 30.4. The maximum atomic E-state index is 14.3. The molecule has 0 saturated heterocycles. The van der Waals surface area contributed by atoms with Gasteiger partial charge in [-0.2, -0.15) is 5.21 Å². The second kappa shape index (κ2) is 13.1. The number of nitrogens with zero attached hydrogens (tertiary/aromatic N) is 7. The number of rotatable bonds is 11. The van der Waals surface area contributed by atoms with E-state index in [1.54, 1.807) is 6.92 Å². The minimum Gasteiger partial charge on any atom is -0.468 e. The zero-order valence-electron chi connectivity index (χ0n) is 25.9. The standard InChI is InChI=1S/C34H34N8O4/c1-4-5-15-28-35-32-30(33(44)42(22(2)24-11-7-6-8-12-24)34(45)41(32)21-29(43)46-3)40(28)20-23-16-18-25(19-17-23)26-13-9-10-14-27(26)31-36-38-39-37-31/h6-14,16-19,22H,4-5,15,20-21H2,1-3H3,(H,36,37,38,39). The molecule has 3 aromatic carbocycles. The van der Waals surface area contributed by atoms with Crippen molar-refractivity contribution < 1.29 is 9.53 Å². The molecule has 3 aromatic heterocycles. The molecule has 46 heavy (non-hydrogen) atoms. The molecule has 12 nitrogen and oxygen atoms in total. The Morgan fingerprint density at radius 3 is 2.33 bits per heavy atom. The van der Waals surface area contributed by atoms with E-state index >= 15 is 0 Å². The predicted molar refractivity (Wildman–Crippen MR) is 173 cm³/mol. The normalized spacial score (nSPS) is 12.0. The maximum absolute atomic E-state index is 14.3. The van der Waals surface area contributed by atoms with Crippen molar-refractivity contribution in [2.45, 2.75) is 52.2 Å². The number of imidazole rings is 1. The average Bonchev–Trinajstić information content (AvgIpc) is 3.75. The second-order valence-corrected chi connectivity index (χ2v) is 11.1. The van der Waals surface area contributed by atoms with E-state index in [0.717, 1.165) is 40.7 Å². The monoisotopic (exact) mass is 618 g/mol. The fourth-order valence-corrected chi connectivity index (χ4v) is 5.74. The van der Waals surface area contributed by atoms with Crippen LogP contribution in [0, 0.1) is 0 Å². The van der Waals surface area contributed by atoms with Crippen molar-refractivity contribution in [1.82, 2.24) is 39.3 Å². The van der Waals surface area contributed by atoms with Gasteiger partial charge >= 0.3 is 11.7 Å². The number of ether oxygens (including phenoxy) is 1. The molecule has 0 spiro atoms. The van der Waals surface area contributed by atoms with Crippen molar-refractivity contribution in [3.63, 3.8) is 0 Å². The average molecular weight is 619 g/mol. The number of tetrazole rings is 1. The van der Waals surface area contributed by atoms with Crippen LogP contribution in [0.1, 0.15) is 49.7 Å². The van der Waals surface area contributed by atoms with E-state index in [-0.39, 0.29) is 17.7 Å². The van der Waals surface area contributed by atoms with Gasteiger partial charge in [0.1, 0.15) is 12.4 Å². The van der Waals surface area contributed by atoms with Crippen LogP contribution in [0.4, 0.5) is 0 Å². The second-order valence-electron chi connectivity index (χ2n) is 11.1. The van der Waals surface area contributed by atoms with Crippen molar-refractivity contribution in [1.29, 1.82) is 0 Å². The zero-order chi connectivity index (χ0) is 32.2. The first-order chi connectivity index (χ1) is 22.4. The van der Waals surface area contributed by atoms with Crippen LogP contribution in [0.2, 0.25) is 0 Å². The van der Waals surface area contributed by atoms with Gasteiger partial charge in [-0.15, -0.1) is 10.2 Å². The predicted octanol–water partition coefficient (Wildman–Crippen LogP) is 4.38. The van der Waals surface area contributed by atoms with E-state index in [9.17, 15) is 14.4 Å². The number of nitrogens with one attached hydrogen (secondary N) is 1. The molecule has 3 heterocycles. The van der Waals surface area contributed by atoms with E-state index in [2.05, 4.69) is 27.5 Å². The van der Waals surface area contributed by atoms with Crippen molar-refractivity contribution >= 4 is 17.1 Å². The number of unbranched alkanes of at least 4 members (excludes halogenated alkanes) is 1. The molecule has 1 atom stereocenters. The van der Waals surface area contributed by atoms with Gasteiger partial charge in [0.05, 0.1) is 13.2 Å². The highest BCUT2D eigenvalue weighted by atomic mass is 16.5. The first-order valence-corrected chi connectivity index (χ1v) is 15.2. The molecule has 0 fully saturated rings. The smallest absolute Gasteiger partial charge is 0.333 e. The third-order valence-corrected chi connectivity index (χ3v) is 8.20. The highest BCUT2D eigenvalue weighted by Crippen LogP contribution is 2.30. The molecular formula is C34H34N8O4. The van der Waals surface area contributed by atoms with Crippen molar-refractivity contribution in [3.05, 3.63) is 117 Å². The Balaban J connectivity index is 1.48. The Morgan fingerprint density at radius 1 is 0.935 bits per heavy atom. The summed E-state index contributed by atoms with van der Waals surface area (Å²) in [5.74, 6) is 0.565. The Hall–Kier alpha value is -5.65. The molecule has 234 valence electrons. The van der Waals surface area contributed by atoms with E-state index in [1.807, 2.05) is 83.4 Å². The third-order valence-electron chi connectivity index (χ3n) is 8.20. The molecule has 0 bridgehead atoms. The topological polar surface area (TPSA) is 143 Å². The Morgan fingerprint density at radius 2 is 1.65 bits per heavy atom. The van der Waals surface area contributed by atoms with E-state index in [4.69, 9.17) is 9.72 Å². The number of aryl methyl sites for hydroxylation is 1. The number of esters is 1. The highest BCUT2D eigenvalue weighted by Gasteiger charge is 2.25. The fourth-order valence-electron chi connectivity index (χ4n) is 5.74. The van der Waals surface area contributed by atoms with Crippen LogP contribution in [-0.2, 0) is 29.0 Å². The van der Waals surface area contributed by atoms with E-state index in [0.29, 0.717) is 24.6 Å². The number of fused-ring (bicyclic) bond motifs is 1. The van der Waals surface area contributed by atoms with Gasteiger partial charge in [-0.1, -0.05) is 92.2 Å². The minimum absolute atomic E-state index is 0.175. The molecule has 6 rings (SSSR count). The molecule has 0 aliphatic carbocycles. The third kappa shape index (κ3) is 5.76. The summed E-state index contributed by atoms with van der Waals surface area (Å²) in [7, 11) is 1.27. The van der Waals surface area contributed by atoms with Crippen LogP contribution in [0.15, 0.2) is 88.5 Å². The Labute approximate surface area is 264 Å². The van der Waals surface area contributed by atoms with Crippen molar-refractivity contribution in [2.75, 3.05) is 7.11 Å². The lowest BCUT2D eigenvalue weighted by atomic mass is 9.98. The number of aromatic amines is 1. The summed E-state index contributed by atoms with van der Waals surface area (Å²) in [6.07, 6.45) is 2.36. The van der Waals surface area contributed by atoms with Crippen LogP contribution in [0.3, 0.4) is 0 Å². The molecule has 12 heteroatoms. The largest absolute Gasteiger partial charge is 0.468 e. The molecule has 0 radical (unpaired) electrons. The Bertz CT molecular complexity index is 2100. The summed E-state index contributed by atoms with van der Waals surface area (Å²) in [5.41, 5.74) is 3.87. The quantitative estimate of drug-likeness (QED) is 0.211. The van der Waals surface area contributed by atoms with Crippen LogP contribution < -0.4 is 11.2 Å². The molecule has 1 N–H and O–H groups in total. The fraction of sp³-hybridized carbons (Fsp3) is 0.265. The molecular weight excluding hydrogens is 584 g/mol. The summed E-state index contributed by atoms with van der Waals surface area (Å²) in [5, 5.41) is 14.5. The SMILES string of the molecule is CCCCc1nc2c(c(=O)n(C(C)c3ccccc3)c(=O)n2CC(=O)OC)n1Cc1ccc(-c2ccccc2-c2nn[nH]n2)cc1. The Kier molecular flexibility index (Phi) is 8.68. The highest BCUT2D eigenvalue weighted by molar-refractivity contribution is 5.80. The lowest BCUT2D eigenvalue weighted by molar-refractivity contribution is -0.141. The molecule has 1 unspecified atom stereocenters. The summed E-state index contributed by atoms with van der Waals surface area (Å²) in [4.78, 5) is 45.5. The lowest BCUT2D eigenvalue weighted by Gasteiger charge is -2.18. The lowest BCUT2D eigenvalue weighted by Crippen LogP contribution is -2.43. The zero-order valence-corrected chi connectivity index (χ0v) is 25.9. The molecule has 0 saturated carbocycles. The van der Waals surface area contributed by atoms with Crippen LogP contribution in [0.25, 0.3) is 33.7 Å². The summed E-state index contributed by atoms with van der Waals surface area (Å²) in [6.45, 7) is 3.86. The van der Waals surface area contributed by atoms with Gasteiger partial charge in [0.2, 0.25) is 5.82 Å². The summed E-state index contributed by atoms with van der Waals surface area (Å²) >= 11 is 0. The number of benzene rings is 3. The van der Waals surface area contributed by atoms with Crippen molar-refractivity contribution in [2.24, 2.45) is 0 Å². The van der Waals surface area contributed by atoms with Gasteiger partial charge in [-0.3, -0.25) is 18.7 Å². The molecule has 0 amide bonds. The number of carbonyl (C=O) groups excluding carboxylic acids is 1. The minimum atomic E-state index is -0.615. The van der Waals surface area contributed by atoms with Gasteiger partial charge in [0.25, 0.3) is 5.56 Å². The van der Waals surface area contributed by atoms with Crippen LogP contribution >= 0.6 is 0 Å².